The molecule has 0 atom stereocenters. The van der Waals surface area contributed by atoms with E-state index >= 15 is 0 Å². The summed E-state index contributed by atoms with van der Waals surface area (Å²) in [6, 6.07) is 10.2. The summed E-state index contributed by atoms with van der Waals surface area (Å²) in [6.07, 6.45) is 0.104. The zero-order valence-electron chi connectivity index (χ0n) is 16.0. The Morgan fingerprint density at radius 3 is 2.48 bits per heavy atom. The summed E-state index contributed by atoms with van der Waals surface area (Å²) in [5.74, 6) is 1.15. The van der Waals surface area contributed by atoms with E-state index in [2.05, 4.69) is 4.99 Å². The maximum Gasteiger partial charge on any atom is 0.252 e. The molecule has 0 radical (unpaired) electrons. The van der Waals surface area contributed by atoms with Gasteiger partial charge in [-0.05, 0) is 24.6 Å². The summed E-state index contributed by atoms with van der Waals surface area (Å²) < 4.78 is 37.6. The summed E-state index contributed by atoms with van der Waals surface area (Å²) >= 11 is 1.42. The summed E-state index contributed by atoms with van der Waals surface area (Å²) in [5, 5.41) is 0. The molecule has 0 saturated carbocycles. The van der Waals surface area contributed by atoms with Crippen LogP contribution in [0, 0.1) is 0 Å². The number of aromatic nitrogens is 1. The number of hydrogen-bond donors (Lipinski definition) is 0. The first-order chi connectivity index (χ1) is 13.9. The van der Waals surface area contributed by atoms with Crippen molar-refractivity contribution in [3.8, 4) is 11.5 Å². The number of hydrogen-bond acceptors (Lipinski definition) is 6. The van der Waals surface area contributed by atoms with E-state index in [0.717, 1.165) is 15.8 Å². The van der Waals surface area contributed by atoms with E-state index in [1.165, 1.54) is 23.5 Å². The third-order valence-electron chi connectivity index (χ3n) is 4.73. The van der Waals surface area contributed by atoms with Gasteiger partial charge in [0.1, 0.15) is 0 Å². The van der Waals surface area contributed by atoms with E-state index in [9.17, 15) is 13.2 Å². The Hall–Kier alpha value is -2.65. The molecule has 1 amide bonds. The van der Waals surface area contributed by atoms with E-state index in [4.69, 9.17) is 9.47 Å². The fourth-order valence-corrected chi connectivity index (χ4v) is 5.16. The number of amides is 1. The van der Waals surface area contributed by atoms with Gasteiger partial charge in [0.05, 0.1) is 27.3 Å². The van der Waals surface area contributed by atoms with Crippen molar-refractivity contribution in [2.75, 3.05) is 12.5 Å². The number of thiazole rings is 1. The normalized spacial score (nSPS) is 13.9. The number of rotatable bonds is 5. The molecule has 0 aliphatic carbocycles. The van der Waals surface area contributed by atoms with Gasteiger partial charge in [0.15, 0.2) is 26.1 Å². The monoisotopic (exact) mass is 432 g/mol. The molecule has 1 aromatic heterocycles. The van der Waals surface area contributed by atoms with Crippen LogP contribution in [-0.2, 0) is 27.6 Å². The number of sulfone groups is 1. The molecular weight excluding hydrogens is 412 g/mol. The van der Waals surface area contributed by atoms with Crippen LogP contribution in [0.15, 0.2) is 46.3 Å². The van der Waals surface area contributed by atoms with E-state index in [1.54, 1.807) is 19.1 Å². The molecule has 152 valence electrons. The van der Waals surface area contributed by atoms with Crippen LogP contribution in [0.25, 0.3) is 10.2 Å². The topological polar surface area (TPSA) is 87.0 Å². The number of carbonyl (C=O) groups is 1. The molecule has 9 heteroatoms. The molecule has 0 unspecified atom stereocenters. The molecule has 2 heterocycles. The van der Waals surface area contributed by atoms with Gasteiger partial charge in [0.2, 0.25) is 6.79 Å². The number of ether oxygens (including phenoxy) is 2. The number of carbonyl (C=O) groups excluding carboxylic acids is 1. The van der Waals surface area contributed by atoms with Crippen molar-refractivity contribution in [3.05, 3.63) is 46.8 Å². The van der Waals surface area contributed by atoms with Crippen molar-refractivity contribution < 1.29 is 22.7 Å². The van der Waals surface area contributed by atoms with Crippen LogP contribution in [0.4, 0.5) is 0 Å². The SMILES string of the molecule is CCn1c(=NC(=O)Cc2ccc(S(=O)(=O)CC)cc2)sc2cc3c(cc21)OCO3. The minimum atomic E-state index is -3.25. The molecule has 29 heavy (non-hydrogen) atoms. The van der Waals surface area contributed by atoms with Gasteiger partial charge in [0, 0.05) is 18.7 Å². The molecule has 0 bridgehead atoms. The minimum absolute atomic E-state index is 0.0447. The highest BCUT2D eigenvalue weighted by molar-refractivity contribution is 7.91. The zero-order valence-corrected chi connectivity index (χ0v) is 17.7. The highest BCUT2D eigenvalue weighted by atomic mass is 32.2. The lowest BCUT2D eigenvalue weighted by molar-refractivity contribution is -0.117. The average Bonchev–Trinajstić information content (AvgIpc) is 3.29. The lowest BCUT2D eigenvalue weighted by Crippen LogP contribution is -2.16. The summed E-state index contributed by atoms with van der Waals surface area (Å²) in [6.45, 7) is 4.47. The quantitative estimate of drug-likeness (QED) is 0.619. The second kappa shape index (κ2) is 7.64. The predicted octanol–water partition coefficient (Wildman–Crippen LogP) is 2.92. The Bertz CT molecular complexity index is 1250. The van der Waals surface area contributed by atoms with Crippen LogP contribution >= 0.6 is 11.3 Å². The Balaban J connectivity index is 1.62. The van der Waals surface area contributed by atoms with E-state index in [-0.39, 0.29) is 29.8 Å². The first-order valence-electron chi connectivity index (χ1n) is 9.23. The highest BCUT2D eigenvalue weighted by Gasteiger charge is 2.17. The largest absolute Gasteiger partial charge is 0.454 e. The van der Waals surface area contributed by atoms with Crippen LogP contribution < -0.4 is 14.3 Å². The van der Waals surface area contributed by atoms with Crippen molar-refractivity contribution in [2.24, 2.45) is 4.99 Å². The standard InChI is InChI=1S/C20H20N2O5S2/c1-3-22-15-10-16-17(27-12-26-16)11-18(15)28-20(22)21-19(23)9-13-5-7-14(8-6-13)29(24,25)4-2/h5-8,10-11H,3-4,9,12H2,1-2H3. The molecule has 1 aliphatic rings. The van der Waals surface area contributed by atoms with Crippen molar-refractivity contribution in [2.45, 2.75) is 31.7 Å². The molecule has 2 aromatic carbocycles. The summed E-state index contributed by atoms with van der Waals surface area (Å²) in [4.78, 5) is 17.7. The molecule has 1 aliphatic heterocycles. The lowest BCUT2D eigenvalue weighted by Gasteiger charge is -2.03. The van der Waals surface area contributed by atoms with E-state index in [1.807, 2.05) is 23.6 Å². The van der Waals surface area contributed by atoms with Crippen molar-refractivity contribution in [1.82, 2.24) is 4.57 Å². The Labute approximate surface area is 172 Å². The maximum atomic E-state index is 12.5. The number of benzene rings is 2. The van der Waals surface area contributed by atoms with Gasteiger partial charge in [-0.15, -0.1) is 0 Å². The van der Waals surface area contributed by atoms with Gasteiger partial charge < -0.3 is 14.0 Å². The third-order valence-corrected chi connectivity index (χ3v) is 7.52. The Kier molecular flexibility index (Phi) is 5.18. The van der Waals surface area contributed by atoms with E-state index < -0.39 is 9.84 Å². The fourth-order valence-electron chi connectivity index (χ4n) is 3.15. The van der Waals surface area contributed by atoms with Gasteiger partial charge in [-0.1, -0.05) is 30.4 Å². The smallest absolute Gasteiger partial charge is 0.252 e. The van der Waals surface area contributed by atoms with Crippen molar-refractivity contribution in [1.29, 1.82) is 0 Å². The van der Waals surface area contributed by atoms with Gasteiger partial charge >= 0.3 is 0 Å². The van der Waals surface area contributed by atoms with Crippen LogP contribution in [-0.4, -0.2) is 31.4 Å². The number of fused-ring (bicyclic) bond motifs is 2. The number of aryl methyl sites for hydroxylation is 1. The van der Waals surface area contributed by atoms with Crippen LogP contribution in [0.1, 0.15) is 19.4 Å². The predicted molar refractivity (Wildman–Crippen MR) is 110 cm³/mol. The third kappa shape index (κ3) is 3.79. The van der Waals surface area contributed by atoms with Crippen molar-refractivity contribution >= 4 is 37.3 Å². The molecule has 0 saturated heterocycles. The zero-order chi connectivity index (χ0) is 20.6. The van der Waals surface area contributed by atoms with Gasteiger partial charge in [-0.2, -0.15) is 4.99 Å². The van der Waals surface area contributed by atoms with Crippen LogP contribution in [0.3, 0.4) is 0 Å². The molecule has 0 spiro atoms. The fraction of sp³-hybridized carbons (Fsp3) is 0.300. The molecule has 4 rings (SSSR count). The van der Waals surface area contributed by atoms with Gasteiger partial charge in [-0.25, -0.2) is 8.42 Å². The minimum Gasteiger partial charge on any atom is -0.454 e. The molecular formula is C20H20N2O5S2. The summed E-state index contributed by atoms with van der Waals surface area (Å²) in [7, 11) is -3.25. The molecule has 3 aromatic rings. The summed E-state index contributed by atoms with van der Waals surface area (Å²) in [5.41, 5.74) is 1.67. The highest BCUT2D eigenvalue weighted by Crippen LogP contribution is 2.36. The average molecular weight is 433 g/mol. The second-order valence-electron chi connectivity index (χ2n) is 6.53. The Morgan fingerprint density at radius 1 is 1.14 bits per heavy atom. The van der Waals surface area contributed by atoms with Gasteiger partial charge in [-0.3, -0.25) is 4.79 Å². The first-order valence-corrected chi connectivity index (χ1v) is 11.7. The Morgan fingerprint density at radius 2 is 1.83 bits per heavy atom. The van der Waals surface area contributed by atoms with Crippen LogP contribution in [0.5, 0.6) is 11.5 Å². The lowest BCUT2D eigenvalue weighted by atomic mass is 10.1. The molecule has 7 nitrogen and oxygen atoms in total. The number of nitrogens with zero attached hydrogens (tertiary/aromatic N) is 2. The van der Waals surface area contributed by atoms with E-state index in [0.29, 0.717) is 22.8 Å². The second-order valence-corrected chi connectivity index (χ2v) is 9.82. The molecule has 0 N–H and O–H groups in total. The van der Waals surface area contributed by atoms with Gasteiger partial charge in [0.25, 0.3) is 5.91 Å². The van der Waals surface area contributed by atoms with Crippen LogP contribution in [0.2, 0.25) is 0 Å². The molecule has 0 fully saturated rings. The van der Waals surface area contributed by atoms with Crippen molar-refractivity contribution in [3.63, 3.8) is 0 Å². The first kappa shape index (κ1) is 19.7. The maximum absolute atomic E-state index is 12.5.